The van der Waals surface area contributed by atoms with E-state index < -0.39 is 12.0 Å². The quantitative estimate of drug-likeness (QED) is 0.652. The molecule has 2 amide bonds. The number of hydrogen-bond acceptors (Lipinski definition) is 5. The van der Waals surface area contributed by atoms with Crippen molar-refractivity contribution >= 4 is 27.9 Å². The Hall–Kier alpha value is -2.22. The van der Waals surface area contributed by atoms with E-state index in [-0.39, 0.29) is 12.6 Å². The van der Waals surface area contributed by atoms with Crippen LogP contribution in [0.1, 0.15) is 38.8 Å². The van der Waals surface area contributed by atoms with Crippen LogP contribution in [-0.2, 0) is 9.53 Å². The number of rotatable bonds is 7. The molecule has 0 unspecified atom stereocenters. The van der Waals surface area contributed by atoms with Crippen LogP contribution < -0.4 is 20.1 Å². The smallest absolute Gasteiger partial charge is 0.338 e. The average Bonchev–Trinajstić information content (AvgIpc) is 2.59. The van der Waals surface area contributed by atoms with Gasteiger partial charge in [-0.15, -0.1) is 0 Å². The van der Waals surface area contributed by atoms with E-state index in [1.807, 2.05) is 6.92 Å². The molecular formula is C18H23BrN2O5. The summed E-state index contributed by atoms with van der Waals surface area (Å²) >= 11 is 3.49. The first-order valence-corrected chi connectivity index (χ1v) is 9.17. The van der Waals surface area contributed by atoms with Gasteiger partial charge in [0, 0.05) is 5.70 Å². The van der Waals surface area contributed by atoms with Crippen LogP contribution in [0, 0.1) is 0 Å². The molecule has 1 heterocycles. The van der Waals surface area contributed by atoms with E-state index in [0.29, 0.717) is 39.4 Å². The first kappa shape index (κ1) is 20.1. The molecule has 0 radical (unpaired) electrons. The molecule has 0 aliphatic carbocycles. The number of halogens is 1. The van der Waals surface area contributed by atoms with E-state index in [9.17, 15) is 9.59 Å². The van der Waals surface area contributed by atoms with E-state index in [2.05, 4.69) is 26.6 Å². The molecule has 26 heavy (non-hydrogen) atoms. The Balaban J connectivity index is 2.50. The Kier molecular flexibility index (Phi) is 6.90. The van der Waals surface area contributed by atoms with Crippen molar-refractivity contribution in [1.82, 2.24) is 10.6 Å². The van der Waals surface area contributed by atoms with E-state index in [0.717, 1.165) is 6.42 Å². The highest BCUT2D eigenvalue weighted by atomic mass is 79.9. The molecule has 1 aromatic rings. The van der Waals surface area contributed by atoms with E-state index in [4.69, 9.17) is 14.2 Å². The molecule has 0 saturated heterocycles. The number of nitrogens with one attached hydrogen (secondary N) is 2. The van der Waals surface area contributed by atoms with Gasteiger partial charge in [0.25, 0.3) is 0 Å². The molecular weight excluding hydrogens is 404 g/mol. The number of hydrogen-bond donors (Lipinski definition) is 2. The Bertz CT molecular complexity index is 733. The molecule has 1 atom stereocenters. The fourth-order valence-corrected chi connectivity index (χ4v) is 3.25. The zero-order chi connectivity index (χ0) is 19.3. The minimum Gasteiger partial charge on any atom is -0.493 e. The molecule has 0 bridgehead atoms. The van der Waals surface area contributed by atoms with Crippen LogP contribution in [0.4, 0.5) is 4.79 Å². The maximum atomic E-state index is 12.4. The molecule has 1 aliphatic rings. The minimum absolute atomic E-state index is 0.243. The molecule has 0 saturated carbocycles. The third-order valence-electron chi connectivity index (χ3n) is 3.80. The topological polar surface area (TPSA) is 85.9 Å². The second kappa shape index (κ2) is 8.93. The monoisotopic (exact) mass is 426 g/mol. The first-order chi connectivity index (χ1) is 12.4. The molecule has 8 heteroatoms. The van der Waals surface area contributed by atoms with Gasteiger partial charge < -0.3 is 24.8 Å². The second-order valence-electron chi connectivity index (χ2n) is 5.67. The van der Waals surface area contributed by atoms with Crippen molar-refractivity contribution in [2.45, 2.75) is 33.2 Å². The van der Waals surface area contributed by atoms with Crippen LogP contribution in [-0.4, -0.2) is 32.3 Å². The molecule has 1 aromatic carbocycles. The largest absolute Gasteiger partial charge is 0.493 e. The lowest BCUT2D eigenvalue weighted by Crippen LogP contribution is -2.45. The van der Waals surface area contributed by atoms with Crippen LogP contribution in [0.3, 0.4) is 0 Å². The highest BCUT2D eigenvalue weighted by Crippen LogP contribution is 2.40. The van der Waals surface area contributed by atoms with Crippen molar-refractivity contribution in [2.75, 3.05) is 20.3 Å². The first-order valence-electron chi connectivity index (χ1n) is 8.38. The number of carbonyl (C=O) groups excluding carboxylic acids is 2. The predicted molar refractivity (Wildman–Crippen MR) is 100 cm³/mol. The van der Waals surface area contributed by atoms with Gasteiger partial charge in [0.05, 0.1) is 36.4 Å². The summed E-state index contributed by atoms with van der Waals surface area (Å²) < 4.78 is 17.0. The highest BCUT2D eigenvalue weighted by Gasteiger charge is 2.33. The van der Waals surface area contributed by atoms with Gasteiger partial charge in [0.1, 0.15) is 0 Å². The van der Waals surface area contributed by atoms with Crippen molar-refractivity contribution in [3.05, 3.63) is 33.4 Å². The highest BCUT2D eigenvalue weighted by molar-refractivity contribution is 9.10. The van der Waals surface area contributed by atoms with Crippen molar-refractivity contribution in [1.29, 1.82) is 0 Å². The van der Waals surface area contributed by atoms with Gasteiger partial charge in [-0.05, 0) is 53.9 Å². The normalized spacial score (nSPS) is 16.7. The summed E-state index contributed by atoms with van der Waals surface area (Å²) in [5.74, 6) is 0.608. The van der Waals surface area contributed by atoms with Gasteiger partial charge >= 0.3 is 12.0 Å². The van der Waals surface area contributed by atoms with Crippen molar-refractivity contribution < 1.29 is 23.8 Å². The summed E-state index contributed by atoms with van der Waals surface area (Å²) in [4.78, 5) is 24.4. The molecule has 0 fully saturated rings. The molecule has 2 N–H and O–H groups in total. The number of carbonyl (C=O) groups is 2. The number of benzene rings is 1. The van der Waals surface area contributed by atoms with Gasteiger partial charge in [-0.25, -0.2) is 9.59 Å². The SMILES string of the molecule is CCCOc1c(Br)cc([C@H]2NC(=O)NC(C)=C2C(=O)OCC)cc1OC. The number of esters is 1. The average molecular weight is 427 g/mol. The van der Waals surface area contributed by atoms with Crippen molar-refractivity contribution in [3.8, 4) is 11.5 Å². The van der Waals surface area contributed by atoms with Crippen LogP contribution in [0.15, 0.2) is 27.9 Å². The zero-order valence-corrected chi connectivity index (χ0v) is 16.9. The van der Waals surface area contributed by atoms with Crippen molar-refractivity contribution in [3.63, 3.8) is 0 Å². The Morgan fingerprint density at radius 1 is 1.31 bits per heavy atom. The summed E-state index contributed by atoms with van der Waals surface area (Å²) in [5, 5.41) is 5.38. The molecule has 7 nitrogen and oxygen atoms in total. The summed E-state index contributed by atoms with van der Waals surface area (Å²) in [6, 6.07) is 2.50. The van der Waals surface area contributed by atoms with Gasteiger partial charge in [-0.2, -0.15) is 0 Å². The molecule has 0 spiro atoms. The fraction of sp³-hybridized carbons (Fsp3) is 0.444. The van der Waals surface area contributed by atoms with Gasteiger partial charge in [0.15, 0.2) is 11.5 Å². The lowest BCUT2D eigenvalue weighted by molar-refractivity contribution is -0.139. The molecule has 2 rings (SSSR count). The number of urea groups is 1. The fourth-order valence-electron chi connectivity index (χ4n) is 2.67. The second-order valence-corrected chi connectivity index (χ2v) is 6.53. The third kappa shape index (κ3) is 4.30. The standard InChI is InChI=1S/C18H23BrN2O5/c1-5-7-26-16-12(19)8-11(9-13(16)24-4)15-14(17(22)25-6-2)10(3)20-18(23)21-15/h8-9,15H,5-7H2,1-4H3,(H2,20,21,23)/t15-/m1/s1. The number of ether oxygens (including phenoxy) is 3. The molecule has 1 aliphatic heterocycles. The Labute approximate surface area is 161 Å². The van der Waals surface area contributed by atoms with Gasteiger partial charge in [-0.1, -0.05) is 6.92 Å². The lowest BCUT2D eigenvalue weighted by Gasteiger charge is -2.28. The third-order valence-corrected chi connectivity index (χ3v) is 4.39. The van der Waals surface area contributed by atoms with Gasteiger partial charge in [0.2, 0.25) is 0 Å². The minimum atomic E-state index is -0.659. The van der Waals surface area contributed by atoms with Crippen LogP contribution in [0.5, 0.6) is 11.5 Å². The maximum absolute atomic E-state index is 12.4. The summed E-state index contributed by atoms with van der Waals surface area (Å²) in [5.41, 5.74) is 1.48. The summed E-state index contributed by atoms with van der Waals surface area (Å²) in [7, 11) is 1.54. The van der Waals surface area contributed by atoms with Crippen LogP contribution in [0.25, 0.3) is 0 Å². The zero-order valence-electron chi connectivity index (χ0n) is 15.3. The molecule has 0 aromatic heterocycles. The summed E-state index contributed by atoms with van der Waals surface area (Å²) in [6.07, 6.45) is 0.858. The number of amides is 2. The summed E-state index contributed by atoms with van der Waals surface area (Å²) in [6.45, 7) is 6.21. The van der Waals surface area contributed by atoms with E-state index in [1.54, 1.807) is 33.1 Å². The van der Waals surface area contributed by atoms with E-state index >= 15 is 0 Å². The lowest BCUT2D eigenvalue weighted by atomic mass is 9.95. The van der Waals surface area contributed by atoms with Gasteiger partial charge in [-0.3, -0.25) is 0 Å². The van der Waals surface area contributed by atoms with Crippen molar-refractivity contribution in [2.24, 2.45) is 0 Å². The Morgan fingerprint density at radius 3 is 2.65 bits per heavy atom. The Morgan fingerprint density at radius 2 is 2.04 bits per heavy atom. The van der Waals surface area contributed by atoms with E-state index in [1.165, 1.54) is 0 Å². The number of methoxy groups -OCH3 is 1. The maximum Gasteiger partial charge on any atom is 0.338 e. The van der Waals surface area contributed by atoms with Crippen LogP contribution in [0.2, 0.25) is 0 Å². The predicted octanol–water partition coefficient (Wildman–Crippen LogP) is 3.44. The number of allylic oxidation sites excluding steroid dienone is 1. The van der Waals surface area contributed by atoms with Crippen LogP contribution >= 0.6 is 15.9 Å². The molecule has 142 valence electrons.